The molecule has 1 aromatic rings. The molecule has 0 amide bonds. The van der Waals surface area contributed by atoms with Crippen molar-refractivity contribution in [2.24, 2.45) is 5.41 Å². The van der Waals surface area contributed by atoms with Gasteiger partial charge in [0, 0.05) is 6.54 Å². The molecular weight excluding hydrogens is 222 g/mol. The number of rotatable bonds is 5. The number of nitrogens with one attached hydrogen (secondary N) is 1. The van der Waals surface area contributed by atoms with Crippen molar-refractivity contribution in [2.45, 2.75) is 46.2 Å². The van der Waals surface area contributed by atoms with Crippen LogP contribution < -0.4 is 5.32 Å². The number of hydrogen-bond acceptors (Lipinski definition) is 2. The van der Waals surface area contributed by atoms with Crippen LogP contribution in [0.1, 0.15) is 45.3 Å². The fraction of sp³-hybridized carbons (Fsp3) is 0.750. The Morgan fingerprint density at radius 1 is 1.56 bits per heavy atom. The van der Waals surface area contributed by atoms with Crippen LogP contribution >= 0.6 is 11.6 Å². The molecule has 16 heavy (non-hydrogen) atoms. The Kier molecular flexibility index (Phi) is 3.27. The molecule has 1 unspecified atom stereocenters. The lowest BCUT2D eigenvalue weighted by atomic mass is 9.95. The maximum Gasteiger partial charge on any atom is 0.0834 e. The first-order valence-electron chi connectivity index (χ1n) is 6.07. The molecular formula is C12H20ClN3. The van der Waals surface area contributed by atoms with Gasteiger partial charge in [0.05, 0.1) is 23.0 Å². The van der Waals surface area contributed by atoms with Gasteiger partial charge in [-0.3, -0.25) is 4.68 Å². The van der Waals surface area contributed by atoms with Gasteiger partial charge in [0.2, 0.25) is 0 Å². The fourth-order valence-corrected chi connectivity index (χ4v) is 2.52. The lowest BCUT2D eigenvalue weighted by molar-refractivity contribution is 0.350. The number of hydrogen-bond donors (Lipinski definition) is 1. The topological polar surface area (TPSA) is 29.9 Å². The average Bonchev–Trinajstić information content (AvgIpc) is 2.90. The molecule has 90 valence electrons. The normalized spacial score (nSPS) is 19.8. The Morgan fingerprint density at radius 2 is 2.25 bits per heavy atom. The Bertz CT molecular complexity index is 368. The van der Waals surface area contributed by atoms with E-state index in [-0.39, 0.29) is 0 Å². The van der Waals surface area contributed by atoms with E-state index in [0.717, 1.165) is 23.8 Å². The predicted octanol–water partition coefficient (Wildman–Crippen LogP) is 3.01. The molecule has 3 nitrogen and oxygen atoms in total. The van der Waals surface area contributed by atoms with Crippen molar-refractivity contribution >= 4 is 11.6 Å². The van der Waals surface area contributed by atoms with Crippen molar-refractivity contribution in [1.29, 1.82) is 0 Å². The van der Waals surface area contributed by atoms with Gasteiger partial charge in [0.15, 0.2) is 0 Å². The minimum Gasteiger partial charge on any atom is -0.308 e. The molecule has 2 rings (SSSR count). The summed E-state index contributed by atoms with van der Waals surface area (Å²) in [5.74, 6) is 0. The third-order valence-electron chi connectivity index (χ3n) is 3.55. The molecule has 0 radical (unpaired) electrons. The molecule has 1 aromatic heterocycles. The highest BCUT2D eigenvalue weighted by atomic mass is 35.5. The maximum absolute atomic E-state index is 6.26. The first-order valence-corrected chi connectivity index (χ1v) is 6.44. The second kappa shape index (κ2) is 4.38. The molecule has 1 saturated carbocycles. The van der Waals surface area contributed by atoms with Crippen molar-refractivity contribution in [3.63, 3.8) is 0 Å². The van der Waals surface area contributed by atoms with Gasteiger partial charge in [-0.05, 0) is 31.7 Å². The van der Waals surface area contributed by atoms with E-state index in [0.29, 0.717) is 11.5 Å². The van der Waals surface area contributed by atoms with E-state index in [9.17, 15) is 0 Å². The summed E-state index contributed by atoms with van der Waals surface area (Å²) in [6.45, 7) is 8.40. The molecule has 1 fully saturated rings. The van der Waals surface area contributed by atoms with Gasteiger partial charge in [-0.25, -0.2) is 0 Å². The number of nitrogens with zero attached hydrogens (tertiary/aromatic N) is 2. The number of aromatic nitrogens is 2. The van der Waals surface area contributed by atoms with Crippen LogP contribution in [0.4, 0.5) is 0 Å². The van der Waals surface area contributed by atoms with E-state index in [4.69, 9.17) is 11.6 Å². The van der Waals surface area contributed by atoms with E-state index in [1.54, 1.807) is 6.20 Å². The lowest BCUT2D eigenvalue weighted by Gasteiger charge is -2.25. The van der Waals surface area contributed by atoms with Gasteiger partial charge in [-0.1, -0.05) is 25.4 Å². The zero-order chi connectivity index (χ0) is 11.8. The zero-order valence-corrected chi connectivity index (χ0v) is 11.0. The largest absolute Gasteiger partial charge is 0.308 e. The molecule has 1 heterocycles. The second-order valence-corrected chi connectivity index (χ2v) is 5.25. The quantitative estimate of drug-likeness (QED) is 0.859. The molecule has 0 aromatic carbocycles. The summed E-state index contributed by atoms with van der Waals surface area (Å²) in [5, 5.41) is 8.67. The van der Waals surface area contributed by atoms with E-state index in [1.165, 1.54) is 12.8 Å². The van der Waals surface area contributed by atoms with Crippen LogP contribution in [-0.2, 0) is 6.54 Å². The van der Waals surface area contributed by atoms with E-state index in [1.807, 2.05) is 4.68 Å². The van der Waals surface area contributed by atoms with E-state index >= 15 is 0 Å². The Hall–Kier alpha value is -0.540. The van der Waals surface area contributed by atoms with E-state index in [2.05, 4.69) is 31.2 Å². The molecule has 1 aliphatic rings. The second-order valence-electron chi connectivity index (χ2n) is 4.84. The highest BCUT2D eigenvalue weighted by molar-refractivity contribution is 6.31. The van der Waals surface area contributed by atoms with Crippen molar-refractivity contribution in [1.82, 2.24) is 15.1 Å². The third kappa shape index (κ3) is 1.98. The SMILES string of the molecule is CCNC(c1c(Cl)cnn1CC)C1(C)CC1. The summed E-state index contributed by atoms with van der Waals surface area (Å²) in [7, 11) is 0. The minimum atomic E-state index is 0.340. The van der Waals surface area contributed by atoms with Gasteiger partial charge >= 0.3 is 0 Å². The van der Waals surface area contributed by atoms with Crippen LogP contribution in [0.25, 0.3) is 0 Å². The number of halogens is 1. The summed E-state index contributed by atoms with van der Waals surface area (Å²) in [5.41, 5.74) is 1.53. The van der Waals surface area contributed by atoms with Gasteiger partial charge in [-0.15, -0.1) is 0 Å². The smallest absolute Gasteiger partial charge is 0.0834 e. The standard InChI is InChI=1S/C12H20ClN3/c1-4-14-11(12(3)6-7-12)10-9(13)8-15-16(10)5-2/h8,11,14H,4-7H2,1-3H3. The van der Waals surface area contributed by atoms with Crippen LogP contribution in [-0.4, -0.2) is 16.3 Å². The minimum absolute atomic E-state index is 0.340. The summed E-state index contributed by atoms with van der Waals surface area (Å²) in [4.78, 5) is 0. The summed E-state index contributed by atoms with van der Waals surface area (Å²) >= 11 is 6.26. The fourth-order valence-electron chi connectivity index (χ4n) is 2.27. The van der Waals surface area contributed by atoms with Gasteiger partial charge in [0.1, 0.15) is 0 Å². The molecule has 0 saturated heterocycles. The van der Waals surface area contributed by atoms with Crippen molar-refractivity contribution in [3.8, 4) is 0 Å². The third-order valence-corrected chi connectivity index (χ3v) is 3.84. The first-order chi connectivity index (χ1) is 7.62. The molecule has 1 N–H and O–H groups in total. The van der Waals surface area contributed by atoms with Gasteiger partial charge in [-0.2, -0.15) is 5.10 Å². The van der Waals surface area contributed by atoms with Crippen molar-refractivity contribution in [2.75, 3.05) is 6.54 Å². The predicted molar refractivity (Wildman–Crippen MR) is 66.7 cm³/mol. The van der Waals surface area contributed by atoms with Crippen molar-refractivity contribution < 1.29 is 0 Å². The molecule has 1 atom stereocenters. The van der Waals surface area contributed by atoms with Crippen LogP contribution in [0.2, 0.25) is 5.02 Å². The summed E-state index contributed by atoms with van der Waals surface area (Å²) in [6.07, 6.45) is 4.31. The Labute approximate surface area is 102 Å². The Morgan fingerprint density at radius 3 is 2.75 bits per heavy atom. The average molecular weight is 242 g/mol. The first kappa shape index (κ1) is 11.9. The number of aryl methyl sites for hydroxylation is 1. The van der Waals surface area contributed by atoms with E-state index < -0.39 is 0 Å². The van der Waals surface area contributed by atoms with Crippen molar-refractivity contribution in [3.05, 3.63) is 16.9 Å². The lowest BCUT2D eigenvalue weighted by Crippen LogP contribution is -2.30. The molecule has 1 aliphatic carbocycles. The summed E-state index contributed by atoms with van der Waals surface area (Å²) in [6, 6.07) is 0.340. The molecule has 0 bridgehead atoms. The highest BCUT2D eigenvalue weighted by Gasteiger charge is 2.47. The maximum atomic E-state index is 6.26. The monoisotopic (exact) mass is 241 g/mol. The molecule has 0 spiro atoms. The van der Waals surface area contributed by atoms with Crippen LogP contribution in [0.5, 0.6) is 0 Å². The summed E-state index contributed by atoms with van der Waals surface area (Å²) < 4.78 is 2.01. The zero-order valence-electron chi connectivity index (χ0n) is 10.3. The molecule has 4 heteroatoms. The van der Waals surface area contributed by atoms with Crippen LogP contribution in [0, 0.1) is 5.41 Å². The van der Waals surface area contributed by atoms with Gasteiger partial charge in [0.25, 0.3) is 0 Å². The van der Waals surface area contributed by atoms with Crippen LogP contribution in [0.3, 0.4) is 0 Å². The highest BCUT2D eigenvalue weighted by Crippen LogP contribution is 2.55. The molecule has 0 aliphatic heterocycles. The Balaban J connectivity index is 2.34. The van der Waals surface area contributed by atoms with Crippen LogP contribution in [0.15, 0.2) is 6.20 Å². The van der Waals surface area contributed by atoms with Gasteiger partial charge < -0.3 is 5.32 Å².